The van der Waals surface area contributed by atoms with Crippen molar-refractivity contribution in [1.29, 1.82) is 0 Å². The van der Waals surface area contributed by atoms with E-state index in [1.807, 2.05) is 60.7 Å². The summed E-state index contributed by atoms with van der Waals surface area (Å²) in [5.41, 5.74) is 4.02. The van der Waals surface area contributed by atoms with Gasteiger partial charge >= 0.3 is 10.1 Å². The fourth-order valence-electron chi connectivity index (χ4n) is 2.13. The minimum Gasteiger partial charge on any atom is -0.253 e. The minimum atomic E-state index is -3.92. The SMILES string of the molecule is O=S(=O)(ONN(c1ccccc1)c1ccccc1)c1ccccc1. The van der Waals surface area contributed by atoms with E-state index in [9.17, 15) is 8.42 Å². The quantitative estimate of drug-likeness (QED) is 0.694. The number of hydrogen-bond donors (Lipinski definition) is 1. The lowest BCUT2D eigenvalue weighted by Crippen LogP contribution is -2.35. The van der Waals surface area contributed by atoms with Gasteiger partial charge in [0.25, 0.3) is 0 Å². The van der Waals surface area contributed by atoms with Gasteiger partial charge < -0.3 is 0 Å². The Morgan fingerprint density at radius 2 is 1.08 bits per heavy atom. The van der Waals surface area contributed by atoms with Crippen molar-refractivity contribution in [2.24, 2.45) is 0 Å². The van der Waals surface area contributed by atoms with Crippen LogP contribution >= 0.6 is 0 Å². The molecule has 0 saturated heterocycles. The Kier molecular flexibility index (Phi) is 4.90. The summed E-state index contributed by atoms with van der Waals surface area (Å²) in [6, 6.07) is 26.6. The second-order valence-electron chi connectivity index (χ2n) is 4.95. The number of nitrogens with zero attached hydrogens (tertiary/aromatic N) is 1. The first-order valence-electron chi connectivity index (χ1n) is 7.31. The van der Waals surface area contributed by atoms with E-state index in [0.29, 0.717) is 0 Å². The lowest BCUT2D eigenvalue weighted by atomic mass is 10.2. The largest absolute Gasteiger partial charge is 0.314 e. The van der Waals surface area contributed by atoms with Crippen molar-refractivity contribution in [1.82, 2.24) is 5.59 Å². The molecule has 0 atom stereocenters. The maximum Gasteiger partial charge on any atom is 0.314 e. The summed E-state index contributed by atoms with van der Waals surface area (Å²) < 4.78 is 29.6. The first-order chi connectivity index (χ1) is 11.7. The Hall–Kier alpha value is -2.67. The number of rotatable bonds is 6. The molecule has 0 bridgehead atoms. The third-order valence-electron chi connectivity index (χ3n) is 3.30. The van der Waals surface area contributed by atoms with Crippen LogP contribution in [-0.2, 0) is 14.4 Å². The molecule has 0 aliphatic heterocycles. The molecule has 122 valence electrons. The normalized spacial score (nSPS) is 11.2. The number of hydrazine groups is 1. The van der Waals surface area contributed by atoms with E-state index in [2.05, 4.69) is 5.59 Å². The van der Waals surface area contributed by atoms with Crippen LogP contribution in [0.25, 0.3) is 0 Å². The lowest BCUT2D eigenvalue weighted by molar-refractivity contribution is 0.205. The molecule has 6 heteroatoms. The first-order valence-corrected chi connectivity index (χ1v) is 8.72. The smallest absolute Gasteiger partial charge is 0.253 e. The van der Waals surface area contributed by atoms with Gasteiger partial charge in [-0.3, -0.25) is 5.01 Å². The molecule has 0 aliphatic carbocycles. The molecule has 3 aromatic rings. The maximum absolute atomic E-state index is 12.3. The van der Waals surface area contributed by atoms with E-state index >= 15 is 0 Å². The molecule has 0 radical (unpaired) electrons. The highest BCUT2D eigenvalue weighted by atomic mass is 32.2. The van der Waals surface area contributed by atoms with E-state index in [1.54, 1.807) is 23.2 Å². The molecule has 0 aromatic heterocycles. The van der Waals surface area contributed by atoms with Crippen molar-refractivity contribution in [2.75, 3.05) is 5.01 Å². The fraction of sp³-hybridized carbons (Fsp3) is 0. The molecular weight excluding hydrogens is 324 g/mol. The van der Waals surface area contributed by atoms with Gasteiger partial charge in [0.15, 0.2) is 0 Å². The van der Waals surface area contributed by atoms with Crippen LogP contribution < -0.4 is 10.6 Å². The number of anilines is 2. The Morgan fingerprint density at radius 1 is 0.667 bits per heavy atom. The van der Waals surface area contributed by atoms with Crippen LogP contribution in [0.15, 0.2) is 95.9 Å². The molecule has 3 rings (SSSR count). The van der Waals surface area contributed by atoms with Crippen LogP contribution in [0.2, 0.25) is 0 Å². The van der Waals surface area contributed by atoms with Crippen molar-refractivity contribution < 1.29 is 12.7 Å². The number of nitrogens with one attached hydrogen (secondary N) is 1. The van der Waals surface area contributed by atoms with Crippen LogP contribution in [0.4, 0.5) is 11.4 Å². The van der Waals surface area contributed by atoms with Gasteiger partial charge in [-0.1, -0.05) is 60.2 Å². The van der Waals surface area contributed by atoms with E-state index < -0.39 is 10.1 Å². The average molecular weight is 340 g/mol. The molecule has 0 unspecified atom stereocenters. The molecule has 0 spiro atoms. The minimum absolute atomic E-state index is 0.0820. The molecular formula is C18H16N2O3S. The van der Waals surface area contributed by atoms with Crippen LogP contribution in [0.3, 0.4) is 0 Å². The third-order valence-corrected chi connectivity index (χ3v) is 4.44. The molecule has 1 N–H and O–H groups in total. The van der Waals surface area contributed by atoms with E-state index in [-0.39, 0.29) is 4.90 Å². The summed E-state index contributed by atoms with van der Waals surface area (Å²) >= 11 is 0. The van der Waals surface area contributed by atoms with Crippen molar-refractivity contribution in [3.8, 4) is 0 Å². The van der Waals surface area contributed by atoms with E-state index in [4.69, 9.17) is 4.28 Å². The average Bonchev–Trinajstić information content (AvgIpc) is 2.64. The van der Waals surface area contributed by atoms with Crippen LogP contribution in [-0.4, -0.2) is 8.42 Å². The second-order valence-corrected chi connectivity index (χ2v) is 6.49. The third kappa shape index (κ3) is 3.80. The summed E-state index contributed by atoms with van der Waals surface area (Å²) in [6.07, 6.45) is 0. The highest BCUT2D eigenvalue weighted by Crippen LogP contribution is 2.23. The second kappa shape index (κ2) is 7.27. The lowest BCUT2D eigenvalue weighted by Gasteiger charge is -2.24. The number of para-hydroxylation sites is 2. The molecule has 0 fully saturated rings. The van der Waals surface area contributed by atoms with Gasteiger partial charge in [0, 0.05) is 0 Å². The summed E-state index contributed by atoms with van der Waals surface area (Å²) in [5.74, 6) is 0. The first kappa shape index (κ1) is 16.2. The molecule has 0 aliphatic rings. The Balaban J connectivity index is 1.86. The fourth-order valence-corrected chi connectivity index (χ4v) is 2.89. The van der Waals surface area contributed by atoms with Crippen LogP contribution in [0, 0.1) is 0 Å². The monoisotopic (exact) mass is 340 g/mol. The predicted octanol–water partition coefficient (Wildman–Crippen LogP) is 3.65. The molecule has 3 aromatic carbocycles. The Bertz CT molecular complexity index is 830. The molecule has 0 heterocycles. The van der Waals surface area contributed by atoms with Gasteiger partial charge in [0.2, 0.25) is 0 Å². The molecule has 5 nitrogen and oxygen atoms in total. The Morgan fingerprint density at radius 3 is 1.54 bits per heavy atom. The van der Waals surface area contributed by atoms with Gasteiger partial charge in [0.1, 0.15) is 0 Å². The van der Waals surface area contributed by atoms with Gasteiger partial charge in [-0.2, -0.15) is 12.7 Å². The van der Waals surface area contributed by atoms with Crippen LogP contribution in [0.5, 0.6) is 0 Å². The van der Waals surface area contributed by atoms with Gasteiger partial charge in [0.05, 0.1) is 16.3 Å². The molecule has 0 saturated carbocycles. The zero-order valence-corrected chi connectivity index (χ0v) is 13.6. The highest BCUT2D eigenvalue weighted by molar-refractivity contribution is 7.86. The van der Waals surface area contributed by atoms with Gasteiger partial charge in [-0.25, -0.2) is 0 Å². The molecule has 0 amide bonds. The number of benzene rings is 3. The zero-order chi connectivity index (χ0) is 16.8. The maximum atomic E-state index is 12.3. The van der Waals surface area contributed by atoms with Crippen molar-refractivity contribution in [3.63, 3.8) is 0 Å². The van der Waals surface area contributed by atoms with Crippen molar-refractivity contribution >= 4 is 21.5 Å². The summed E-state index contributed by atoms with van der Waals surface area (Å²) in [7, 11) is -3.92. The topological polar surface area (TPSA) is 58.6 Å². The van der Waals surface area contributed by atoms with Gasteiger partial charge in [-0.15, -0.1) is 0 Å². The predicted molar refractivity (Wildman–Crippen MR) is 92.9 cm³/mol. The Labute approximate surface area is 141 Å². The zero-order valence-electron chi connectivity index (χ0n) is 12.7. The summed E-state index contributed by atoms with van der Waals surface area (Å²) in [6.45, 7) is 0. The van der Waals surface area contributed by atoms with E-state index in [0.717, 1.165) is 11.4 Å². The van der Waals surface area contributed by atoms with Crippen molar-refractivity contribution in [3.05, 3.63) is 91.0 Å². The van der Waals surface area contributed by atoms with E-state index in [1.165, 1.54) is 12.1 Å². The van der Waals surface area contributed by atoms with Gasteiger partial charge in [-0.05, 0) is 36.4 Å². The highest BCUT2D eigenvalue weighted by Gasteiger charge is 2.18. The standard InChI is InChI=1S/C18H16N2O3S/c21-24(22,18-14-8-3-9-15-18)23-19-20(16-10-4-1-5-11-16)17-12-6-2-7-13-17/h1-15,19H. The summed E-state index contributed by atoms with van der Waals surface area (Å²) in [5, 5.41) is 1.56. The summed E-state index contributed by atoms with van der Waals surface area (Å²) in [4.78, 5) is 0.0820. The van der Waals surface area contributed by atoms with Crippen molar-refractivity contribution in [2.45, 2.75) is 4.90 Å². The number of hydrogen-bond acceptors (Lipinski definition) is 5. The van der Waals surface area contributed by atoms with Crippen LogP contribution in [0.1, 0.15) is 0 Å². The molecule has 24 heavy (non-hydrogen) atoms.